The quantitative estimate of drug-likeness (QED) is 0.541. The molecule has 0 radical (unpaired) electrons. The number of hydrogen-bond acceptors (Lipinski definition) is 3. The van der Waals surface area contributed by atoms with Crippen LogP contribution < -0.4 is 5.32 Å². The molecule has 0 fully saturated rings. The second kappa shape index (κ2) is 11.8. The molecule has 1 rings (SSSR count). The Hall–Kier alpha value is -0.710. The topological polar surface area (TPSA) is 49.3 Å². The zero-order valence-electron chi connectivity index (χ0n) is 15.8. The molecule has 0 aromatic heterocycles. The minimum atomic E-state index is -0.975. The lowest BCUT2D eigenvalue weighted by molar-refractivity contribution is 0.136. The van der Waals surface area contributed by atoms with Crippen molar-refractivity contribution in [2.24, 2.45) is 0 Å². The van der Waals surface area contributed by atoms with Crippen LogP contribution in [0, 0.1) is 0 Å². The van der Waals surface area contributed by atoms with Gasteiger partial charge < -0.3 is 10.4 Å². The van der Waals surface area contributed by atoms with Crippen LogP contribution in [0.5, 0.6) is 0 Å². The van der Waals surface area contributed by atoms with Gasteiger partial charge in [-0.25, -0.2) is 0 Å². The Morgan fingerprint density at radius 2 is 1.58 bits per heavy atom. The first-order valence-corrected chi connectivity index (χ1v) is 10.6. The molecule has 0 aliphatic heterocycles. The summed E-state index contributed by atoms with van der Waals surface area (Å²) in [5.74, 6) is 0. The summed E-state index contributed by atoms with van der Waals surface area (Å²) in [6.07, 6.45) is 7.13. The third-order valence-corrected chi connectivity index (χ3v) is 5.95. The molecule has 0 aliphatic rings. The highest BCUT2D eigenvalue weighted by Gasteiger charge is 2.16. The first kappa shape index (κ1) is 21.3. The molecule has 0 amide bonds. The highest BCUT2D eigenvalue weighted by molar-refractivity contribution is 7.85. The number of unbranched alkanes of at least 4 members (excludes halogenated alkanes) is 5. The van der Waals surface area contributed by atoms with Gasteiger partial charge >= 0.3 is 0 Å². The van der Waals surface area contributed by atoms with Crippen LogP contribution in [0.2, 0.25) is 0 Å². The van der Waals surface area contributed by atoms with E-state index >= 15 is 0 Å². The van der Waals surface area contributed by atoms with Crippen LogP contribution in [-0.2, 0) is 10.8 Å². The molecule has 0 aliphatic carbocycles. The molecule has 3 nitrogen and oxygen atoms in total. The van der Waals surface area contributed by atoms with Crippen molar-refractivity contribution >= 4 is 10.8 Å². The average Bonchev–Trinajstić information content (AvgIpc) is 2.59. The summed E-state index contributed by atoms with van der Waals surface area (Å²) in [6, 6.07) is 7.54. The van der Waals surface area contributed by atoms with Crippen molar-refractivity contribution in [1.29, 1.82) is 0 Å². The van der Waals surface area contributed by atoms with Crippen LogP contribution in [0.4, 0.5) is 0 Å². The summed E-state index contributed by atoms with van der Waals surface area (Å²) in [6.45, 7) is 9.10. The van der Waals surface area contributed by atoms with E-state index in [1.165, 1.54) is 32.1 Å². The number of rotatable bonds is 12. The van der Waals surface area contributed by atoms with E-state index in [0.29, 0.717) is 0 Å². The number of hydrogen-bond donors (Lipinski definition) is 2. The van der Waals surface area contributed by atoms with Crippen molar-refractivity contribution in [2.45, 2.75) is 88.5 Å². The van der Waals surface area contributed by atoms with Crippen LogP contribution >= 0.6 is 0 Å². The van der Waals surface area contributed by atoms with Crippen molar-refractivity contribution in [2.75, 3.05) is 6.54 Å². The zero-order valence-corrected chi connectivity index (χ0v) is 16.6. The molecule has 1 aromatic carbocycles. The maximum Gasteiger partial charge on any atom is 0.0940 e. The predicted octanol–water partition coefficient (Wildman–Crippen LogP) is 4.57. The molecule has 138 valence electrons. The molecule has 3 unspecified atom stereocenters. The predicted molar refractivity (Wildman–Crippen MR) is 104 cm³/mol. The number of nitrogens with one attached hydrogen (secondary N) is 1. The highest BCUT2D eigenvalue weighted by atomic mass is 32.2. The molecule has 0 heterocycles. The zero-order chi connectivity index (χ0) is 17.9. The molecule has 0 bridgehead atoms. The fourth-order valence-corrected chi connectivity index (χ4v) is 3.66. The third kappa shape index (κ3) is 7.45. The average molecular weight is 354 g/mol. The lowest BCUT2D eigenvalue weighted by Gasteiger charge is -2.21. The smallest absolute Gasteiger partial charge is 0.0940 e. The van der Waals surface area contributed by atoms with Crippen LogP contribution in [0.25, 0.3) is 0 Å². The Balaban J connectivity index is 2.37. The summed E-state index contributed by atoms with van der Waals surface area (Å²) in [7, 11) is -0.975. The van der Waals surface area contributed by atoms with Gasteiger partial charge in [0.2, 0.25) is 0 Å². The van der Waals surface area contributed by atoms with Gasteiger partial charge in [-0.2, -0.15) is 0 Å². The standard InChI is InChI=1S/C20H35NO2S/c1-5-6-7-8-9-10-15-21-17(4)20(22)18-11-13-19(14-12-18)24(23)16(2)3/h11-14,16-17,20-22H,5-10,15H2,1-4H3. The van der Waals surface area contributed by atoms with E-state index in [2.05, 4.69) is 12.2 Å². The first-order valence-electron chi connectivity index (χ1n) is 9.39. The number of aliphatic hydroxyl groups is 1. The highest BCUT2D eigenvalue weighted by Crippen LogP contribution is 2.20. The van der Waals surface area contributed by atoms with E-state index < -0.39 is 16.9 Å². The maximum atomic E-state index is 12.1. The van der Waals surface area contributed by atoms with Gasteiger partial charge in [-0.05, 0) is 37.6 Å². The van der Waals surface area contributed by atoms with E-state index in [-0.39, 0.29) is 11.3 Å². The van der Waals surface area contributed by atoms with E-state index in [4.69, 9.17) is 0 Å². The van der Waals surface area contributed by atoms with E-state index in [1.54, 1.807) is 0 Å². The van der Waals surface area contributed by atoms with Crippen molar-refractivity contribution in [3.05, 3.63) is 29.8 Å². The Morgan fingerprint density at radius 1 is 1.00 bits per heavy atom. The van der Waals surface area contributed by atoms with Crippen LogP contribution in [0.3, 0.4) is 0 Å². The fraction of sp³-hybridized carbons (Fsp3) is 0.700. The van der Waals surface area contributed by atoms with Crippen molar-refractivity contribution in [3.63, 3.8) is 0 Å². The van der Waals surface area contributed by atoms with Gasteiger partial charge in [0.05, 0.1) is 16.9 Å². The van der Waals surface area contributed by atoms with Gasteiger partial charge in [0.1, 0.15) is 0 Å². The number of aliphatic hydroxyl groups excluding tert-OH is 1. The summed E-state index contributed by atoms with van der Waals surface area (Å²) >= 11 is 0. The molecule has 24 heavy (non-hydrogen) atoms. The Morgan fingerprint density at radius 3 is 2.17 bits per heavy atom. The third-order valence-electron chi connectivity index (χ3n) is 4.35. The molecule has 4 heteroatoms. The van der Waals surface area contributed by atoms with Gasteiger partial charge in [-0.3, -0.25) is 4.21 Å². The van der Waals surface area contributed by atoms with Crippen molar-refractivity contribution < 1.29 is 9.32 Å². The van der Waals surface area contributed by atoms with Crippen LogP contribution in [-0.4, -0.2) is 27.2 Å². The van der Waals surface area contributed by atoms with E-state index in [0.717, 1.165) is 23.4 Å². The fourth-order valence-electron chi connectivity index (χ4n) is 2.71. The van der Waals surface area contributed by atoms with E-state index in [1.807, 2.05) is 45.0 Å². The Labute approximate surface area is 150 Å². The Bertz CT molecular complexity index is 473. The summed E-state index contributed by atoms with van der Waals surface area (Å²) in [5, 5.41) is 14.0. The second-order valence-corrected chi connectivity index (χ2v) is 8.88. The SMILES string of the molecule is CCCCCCCCNC(C)C(O)c1ccc(S(=O)C(C)C)cc1. The maximum absolute atomic E-state index is 12.1. The largest absolute Gasteiger partial charge is 0.387 e. The Kier molecular flexibility index (Phi) is 10.5. The lowest BCUT2D eigenvalue weighted by atomic mass is 10.0. The molecule has 0 saturated carbocycles. The number of benzene rings is 1. The molecule has 0 spiro atoms. The van der Waals surface area contributed by atoms with Gasteiger partial charge in [-0.15, -0.1) is 0 Å². The molecular formula is C20H35NO2S. The van der Waals surface area contributed by atoms with Gasteiger partial charge in [-0.1, -0.05) is 65.0 Å². The van der Waals surface area contributed by atoms with E-state index in [9.17, 15) is 9.32 Å². The second-order valence-electron chi connectivity index (χ2n) is 6.87. The van der Waals surface area contributed by atoms with Gasteiger partial charge in [0.15, 0.2) is 0 Å². The molecule has 0 saturated heterocycles. The molecule has 1 aromatic rings. The first-order chi connectivity index (χ1) is 11.5. The monoisotopic (exact) mass is 353 g/mol. The van der Waals surface area contributed by atoms with Crippen LogP contribution in [0.15, 0.2) is 29.2 Å². The summed E-state index contributed by atoms with van der Waals surface area (Å²) in [5.41, 5.74) is 0.877. The minimum absolute atomic E-state index is 0.0158. The van der Waals surface area contributed by atoms with Crippen LogP contribution in [0.1, 0.15) is 77.9 Å². The van der Waals surface area contributed by atoms with Crippen molar-refractivity contribution in [3.8, 4) is 0 Å². The normalized spacial score (nSPS) is 15.4. The lowest BCUT2D eigenvalue weighted by Crippen LogP contribution is -2.32. The summed E-state index contributed by atoms with van der Waals surface area (Å²) in [4.78, 5) is 0.827. The molecular weight excluding hydrogens is 318 g/mol. The molecule has 2 N–H and O–H groups in total. The van der Waals surface area contributed by atoms with Gasteiger partial charge in [0.25, 0.3) is 0 Å². The summed E-state index contributed by atoms with van der Waals surface area (Å²) < 4.78 is 12.1. The minimum Gasteiger partial charge on any atom is -0.387 e. The van der Waals surface area contributed by atoms with Gasteiger partial charge in [0, 0.05) is 16.2 Å². The molecule has 3 atom stereocenters. The van der Waals surface area contributed by atoms with Crippen molar-refractivity contribution in [1.82, 2.24) is 5.32 Å².